The molecule has 2 saturated carbocycles. The molecule has 182 valence electrons. The lowest BCUT2D eigenvalue weighted by Crippen LogP contribution is -2.55. The number of nitrogens with one attached hydrogen (secondary N) is 2. The van der Waals surface area contributed by atoms with Gasteiger partial charge in [0.2, 0.25) is 5.91 Å². The van der Waals surface area contributed by atoms with E-state index < -0.39 is 5.82 Å². The summed E-state index contributed by atoms with van der Waals surface area (Å²) in [5.41, 5.74) is 7.75. The molecule has 2 aromatic rings. The maximum Gasteiger partial charge on any atom is 0.261 e. The monoisotopic (exact) mass is 488 g/mol. The van der Waals surface area contributed by atoms with Gasteiger partial charge in [-0.1, -0.05) is 11.6 Å². The number of halogens is 2. The summed E-state index contributed by atoms with van der Waals surface area (Å²) in [5.74, 6) is 0.749. The number of nitrogens with two attached hydrogens (primary N) is 1. The first-order valence-electron chi connectivity index (χ1n) is 11.8. The molecule has 4 N–H and O–H groups in total. The molecule has 3 atom stereocenters. The van der Waals surface area contributed by atoms with E-state index in [0.29, 0.717) is 41.5 Å². The molecule has 0 spiro atoms. The zero-order chi connectivity index (χ0) is 24.1. The number of fused-ring (bicyclic) bond motifs is 1. The Hall–Kier alpha value is -2.65. The van der Waals surface area contributed by atoms with E-state index in [1.807, 2.05) is 6.92 Å². The molecule has 1 aromatic carbocycles. The predicted molar refractivity (Wildman–Crippen MR) is 128 cm³/mol. The summed E-state index contributed by atoms with van der Waals surface area (Å²) in [6.07, 6.45) is 4.05. The number of hydrogen-bond acceptors (Lipinski definition) is 5. The molecule has 1 saturated heterocycles. The summed E-state index contributed by atoms with van der Waals surface area (Å²) in [4.78, 5) is 27.5. The Morgan fingerprint density at radius 3 is 2.62 bits per heavy atom. The maximum absolute atomic E-state index is 13.5. The number of nitrogens with zero attached hydrogens (tertiary/aromatic N) is 3. The molecule has 0 radical (unpaired) electrons. The fraction of sp³-hybridized carbons (Fsp3) is 0.542. The van der Waals surface area contributed by atoms with Gasteiger partial charge in [0.25, 0.3) is 5.91 Å². The number of hydrogen-bond donors (Lipinski definition) is 3. The van der Waals surface area contributed by atoms with Gasteiger partial charge in [0, 0.05) is 37.3 Å². The number of amides is 2. The second-order valence-corrected chi connectivity index (χ2v) is 10.5. The molecule has 8 nitrogen and oxygen atoms in total. The zero-order valence-electron chi connectivity index (χ0n) is 19.4. The third kappa shape index (κ3) is 4.27. The van der Waals surface area contributed by atoms with E-state index in [9.17, 15) is 14.0 Å². The first-order valence-corrected chi connectivity index (χ1v) is 12.2. The SMILES string of the molecule is CC1CN(C2CC3CC(c4nn(C)c(N)c4C(=O)Nc4ccc(F)c(Cl)c4)CC3C2)CC(=O)N1. The number of anilines is 2. The summed E-state index contributed by atoms with van der Waals surface area (Å²) in [6.45, 7) is 3.42. The number of benzene rings is 1. The minimum Gasteiger partial charge on any atom is -0.383 e. The number of nitrogen functional groups attached to an aromatic ring is 1. The van der Waals surface area contributed by atoms with E-state index in [1.165, 1.54) is 18.2 Å². The topological polar surface area (TPSA) is 105 Å². The van der Waals surface area contributed by atoms with Crippen molar-refractivity contribution in [2.45, 2.75) is 50.6 Å². The molecule has 2 aliphatic carbocycles. The van der Waals surface area contributed by atoms with E-state index in [4.69, 9.17) is 17.3 Å². The van der Waals surface area contributed by atoms with Gasteiger partial charge in [0.15, 0.2) is 0 Å². The van der Waals surface area contributed by atoms with Crippen LogP contribution in [0.4, 0.5) is 15.9 Å². The highest BCUT2D eigenvalue weighted by molar-refractivity contribution is 6.31. The van der Waals surface area contributed by atoms with Crippen molar-refractivity contribution in [3.8, 4) is 0 Å². The van der Waals surface area contributed by atoms with E-state index in [0.717, 1.165) is 37.9 Å². The molecular weight excluding hydrogens is 459 g/mol. The van der Waals surface area contributed by atoms with Crippen LogP contribution in [0.1, 0.15) is 54.6 Å². The number of rotatable bonds is 4. The third-order valence-electron chi connectivity index (χ3n) is 7.68. The molecule has 5 rings (SSSR count). The van der Waals surface area contributed by atoms with Crippen molar-refractivity contribution in [2.24, 2.45) is 18.9 Å². The average molecular weight is 489 g/mol. The molecule has 34 heavy (non-hydrogen) atoms. The average Bonchev–Trinajstić information content (AvgIpc) is 3.42. The smallest absolute Gasteiger partial charge is 0.261 e. The molecular formula is C24H30ClFN6O2. The third-order valence-corrected chi connectivity index (χ3v) is 7.97. The van der Waals surface area contributed by atoms with Crippen LogP contribution in [-0.4, -0.2) is 51.7 Å². The standard InChI is InChI=1S/C24H30ClFN6O2/c1-12-10-32(11-20(33)28-12)17-7-13-5-15(6-14(13)8-17)22-21(23(27)31(2)30-22)24(34)29-16-3-4-19(26)18(25)9-16/h3-4,9,12-15,17H,5-8,10-11,27H2,1-2H3,(H,28,33)(H,29,34). The second-order valence-electron chi connectivity index (χ2n) is 10.1. The Bertz CT molecular complexity index is 1120. The largest absolute Gasteiger partial charge is 0.383 e. The molecule has 2 amide bonds. The maximum atomic E-state index is 13.5. The summed E-state index contributed by atoms with van der Waals surface area (Å²) in [5, 5.41) is 10.3. The second kappa shape index (κ2) is 8.85. The van der Waals surface area contributed by atoms with Gasteiger partial charge in [-0.3, -0.25) is 19.2 Å². The first-order chi connectivity index (χ1) is 16.2. The summed E-state index contributed by atoms with van der Waals surface area (Å²) in [7, 11) is 1.73. The minimum atomic E-state index is -0.545. The van der Waals surface area contributed by atoms with Crippen LogP contribution in [-0.2, 0) is 11.8 Å². The van der Waals surface area contributed by atoms with Crippen molar-refractivity contribution in [1.82, 2.24) is 20.0 Å². The first kappa shape index (κ1) is 23.1. The number of aryl methyl sites for hydroxylation is 1. The zero-order valence-corrected chi connectivity index (χ0v) is 20.1. The summed E-state index contributed by atoms with van der Waals surface area (Å²) >= 11 is 5.86. The highest BCUT2D eigenvalue weighted by atomic mass is 35.5. The van der Waals surface area contributed by atoms with Crippen molar-refractivity contribution in [3.63, 3.8) is 0 Å². The van der Waals surface area contributed by atoms with Gasteiger partial charge in [-0.05, 0) is 62.6 Å². The quantitative estimate of drug-likeness (QED) is 0.613. The fourth-order valence-corrected chi connectivity index (χ4v) is 6.38. The van der Waals surface area contributed by atoms with Gasteiger partial charge in [-0.25, -0.2) is 4.39 Å². The molecule has 2 heterocycles. The van der Waals surface area contributed by atoms with Crippen LogP contribution >= 0.6 is 11.6 Å². The van der Waals surface area contributed by atoms with Gasteiger partial charge in [0.05, 0.1) is 17.3 Å². The number of carbonyl (C=O) groups excluding carboxylic acids is 2. The van der Waals surface area contributed by atoms with Crippen molar-refractivity contribution >= 4 is 34.9 Å². The Morgan fingerprint density at radius 2 is 1.97 bits per heavy atom. The van der Waals surface area contributed by atoms with Crippen molar-refractivity contribution < 1.29 is 14.0 Å². The molecule has 3 unspecified atom stereocenters. The van der Waals surface area contributed by atoms with Crippen LogP contribution in [0.25, 0.3) is 0 Å². The fourth-order valence-electron chi connectivity index (χ4n) is 6.20. The number of piperazine rings is 1. The molecule has 1 aromatic heterocycles. The van der Waals surface area contributed by atoms with Crippen LogP contribution in [0.15, 0.2) is 18.2 Å². The van der Waals surface area contributed by atoms with E-state index in [1.54, 1.807) is 11.7 Å². The number of carbonyl (C=O) groups is 2. The van der Waals surface area contributed by atoms with E-state index >= 15 is 0 Å². The lowest BCUT2D eigenvalue weighted by atomic mass is 9.95. The van der Waals surface area contributed by atoms with Gasteiger partial charge >= 0.3 is 0 Å². The Kier molecular flexibility index (Phi) is 6.02. The molecule has 1 aliphatic heterocycles. The molecule has 10 heteroatoms. The van der Waals surface area contributed by atoms with Crippen LogP contribution in [0.2, 0.25) is 5.02 Å². The van der Waals surface area contributed by atoms with Gasteiger partial charge in [0.1, 0.15) is 17.2 Å². The van der Waals surface area contributed by atoms with E-state index in [-0.39, 0.29) is 28.8 Å². The van der Waals surface area contributed by atoms with Crippen LogP contribution in [0.3, 0.4) is 0 Å². The highest BCUT2D eigenvalue weighted by Crippen LogP contribution is 2.52. The lowest BCUT2D eigenvalue weighted by molar-refractivity contribution is -0.126. The van der Waals surface area contributed by atoms with E-state index in [2.05, 4.69) is 20.6 Å². The lowest BCUT2D eigenvalue weighted by Gasteiger charge is -2.36. The van der Waals surface area contributed by atoms with Gasteiger partial charge < -0.3 is 16.4 Å². The Balaban J connectivity index is 1.29. The Labute approximate surface area is 203 Å². The summed E-state index contributed by atoms with van der Waals surface area (Å²) in [6, 6.07) is 4.68. The summed E-state index contributed by atoms with van der Waals surface area (Å²) < 4.78 is 15.0. The Morgan fingerprint density at radius 1 is 1.26 bits per heavy atom. The molecule has 3 aliphatic rings. The van der Waals surface area contributed by atoms with Crippen molar-refractivity contribution in [3.05, 3.63) is 40.3 Å². The minimum absolute atomic E-state index is 0.0593. The molecule has 3 fully saturated rings. The number of aromatic nitrogens is 2. The van der Waals surface area contributed by atoms with Crippen LogP contribution < -0.4 is 16.4 Å². The predicted octanol–water partition coefficient (Wildman–Crippen LogP) is 3.14. The van der Waals surface area contributed by atoms with Crippen molar-refractivity contribution in [1.29, 1.82) is 0 Å². The van der Waals surface area contributed by atoms with Crippen LogP contribution in [0, 0.1) is 17.7 Å². The van der Waals surface area contributed by atoms with Crippen LogP contribution in [0.5, 0.6) is 0 Å². The highest BCUT2D eigenvalue weighted by Gasteiger charge is 2.46. The molecule has 0 bridgehead atoms. The van der Waals surface area contributed by atoms with Crippen molar-refractivity contribution in [2.75, 3.05) is 24.1 Å². The normalized spacial score (nSPS) is 29.2. The van der Waals surface area contributed by atoms with Gasteiger partial charge in [-0.2, -0.15) is 5.10 Å². The van der Waals surface area contributed by atoms with Gasteiger partial charge in [-0.15, -0.1) is 0 Å².